The Labute approximate surface area is 125 Å². The summed E-state index contributed by atoms with van der Waals surface area (Å²) < 4.78 is 1.32. The highest BCUT2D eigenvalue weighted by Crippen LogP contribution is 2.30. The number of nitrogens with zero attached hydrogens (tertiary/aromatic N) is 1. The van der Waals surface area contributed by atoms with Crippen molar-refractivity contribution in [1.29, 1.82) is 0 Å². The summed E-state index contributed by atoms with van der Waals surface area (Å²) in [7, 11) is 0. The number of nitrogens with one attached hydrogen (secondary N) is 1. The Morgan fingerprint density at radius 3 is 2.80 bits per heavy atom. The number of likely N-dealkylation sites (N-methyl/N-ethyl adjacent to an activating group) is 1. The predicted octanol–water partition coefficient (Wildman–Crippen LogP) is 4.40. The number of para-hydroxylation sites is 1. The fraction of sp³-hybridized carbons (Fsp3) is 0.588. The summed E-state index contributed by atoms with van der Waals surface area (Å²) in [6, 6.07) is 9.10. The monoisotopic (exact) mass is 288 g/mol. The van der Waals surface area contributed by atoms with Crippen LogP contribution in [0.3, 0.4) is 0 Å². The van der Waals surface area contributed by atoms with E-state index in [4.69, 9.17) is 4.98 Å². The first-order valence-corrected chi connectivity index (χ1v) is 8.76. The summed E-state index contributed by atoms with van der Waals surface area (Å²) in [5, 5.41) is 5.01. The topological polar surface area (TPSA) is 24.9 Å². The molecule has 108 valence electrons. The minimum atomic E-state index is 0.612. The number of hydrogen-bond acceptors (Lipinski definition) is 3. The molecule has 1 saturated carbocycles. The van der Waals surface area contributed by atoms with Gasteiger partial charge in [-0.1, -0.05) is 38.3 Å². The van der Waals surface area contributed by atoms with Crippen LogP contribution in [-0.4, -0.2) is 17.6 Å². The number of benzene rings is 1. The molecule has 3 heteroatoms. The molecule has 1 unspecified atom stereocenters. The van der Waals surface area contributed by atoms with Crippen molar-refractivity contribution in [3.63, 3.8) is 0 Å². The van der Waals surface area contributed by atoms with Crippen LogP contribution in [0.1, 0.15) is 44.0 Å². The van der Waals surface area contributed by atoms with E-state index >= 15 is 0 Å². The molecule has 0 bridgehead atoms. The second kappa shape index (κ2) is 6.68. The Bertz CT molecular complexity index is 510. The molecule has 1 heterocycles. The Morgan fingerprint density at radius 1 is 1.25 bits per heavy atom. The highest BCUT2D eigenvalue weighted by molar-refractivity contribution is 7.18. The van der Waals surface area contributed by atoms with E-state index in [2.05, 4.69) is 36.5 Å². The predicted molar refractivity (Wildman–Crippen MR) is 87.4 cm³/mol. The molecule has 2 nitrogen and oxygen atoms in total. The zero-order chi connectivity index (χ0) is 13.8. The summed E-state index contributed by atoms with van der Waals surface area (Å²) >= 11 is 1.86. The lowest BCUT2D eigenvalue weighted by Crippen LogP contribution is -2.38. The van der Waals surface area contributed by atoms with E-state index in [1.807, 2.05) is 11.3 Å². The molecular weight excluding hydrogens is 264 g/mol. The minimum absolute atomic E-state index is 0.612. The molecule has 2 aromatic rings. The van der Waals surface area contributed by atoms with Crippen molar-refractivity contribution in [3.8, 4) is 0 Å². The summed E-state index contributed by atoms with van der Waals surface area (Å²) in [6.07, 6.45) is 8.12. The van der Waals surface area contributed by atoms with Gasteiger partial charge < -0.3 is 5.32 Å². The van der Waals surface area contributed by atoms with Gasteiger partial charge >= 0.3 is 0 Å². The number of hydrogen-bond donors (Lipinski definition) is 1. The zero-order valence-corrected chi connectivity index (χ0v) is 13.1. The normalized spacial score (nSPS) is 18.4. The van der Waals surface area contributed by atoms with Gasteiger partial charge in [-0.25, -0.2) is 4.98 Å². The number of fused-ring (bicyclic) bond motifs is 1. The van der Waals surface area contributed by atoms with Gasteiger partial charge in [0.2, 0.25) is 0 Å². The second-order valence-corrected chi connectivity index (χ2v) is 6.96. The van der Waals surface area contributed by atoms with Gasteiger partial charge in [-0.3, -0.25) is 0 Å². The van der Waals surface area contributed by atoms with Gasteiger partial charge in [0.1, 0.15) is 0 Å². The van der Waals surface area contributed by atoms with Crippen molar-refractivity contribution in [3.05, 3.63) is 29.3 Å². The smallest absolute Gasteiger partial charge is 0.0954 e. The third-order valence-electron chi connectivity index (χ3n) is 4.42. The SMILES string of the molecule is CCNC(Cc1nc2ccccc2s1)C1CCCCC1. The molecule has 0 amide bonds. The maximum atomic E-state index is 4.81. The van der Waals surface area contributed by atoms with Gasteiger partial charge in [0.25, 0.3) is 0 Å². The van der Waals surface area contributed by atoms with Crippen LogP contribution in [-0.2, 0) is 6.42 Å². The minimum Gasteiger partial charge on any atom is -0.314 e. The lowest BCUT2D eigenvalue weighted by molar-refractivity contribution is 0.269. The maximum absolute atomic E-state index is 4.81. The summed E-state index contributed by atoms with van der Waals surface area (Å²) in [6.45, 7) is 3.28. The van der Waals surface area contributed by atoms with Gasteiger partial charge in [-0.2, -0.15) is 0 Å². The highest BCUT2D eigenvalue weighted by Gasteiger charge is 2.24. The third kappa shape index (κ3) is 3.21. The average Bonchev–Trinajstić information content (AvgIpc) is 2.90. The molecule has 0 saturated heterocycles. The van der Waals surface area contributed by atoms with Crippen molar-refractivity contribution in [1.82, 2.24) is 10.3 Å². The molecular formula is C17H24N2S. The van der Waals surface area contributed by atoms with Gasteiger partial charge in [0, 0.05) is 12.5 Å². The van der Waals surface area contributed by atoms with E-state index in [-0.39, 0.29) is 0 Å². The van der Waals surface area contributed by atoms with Gasteiger partial charge in [0.05, 0.1) is 15.2 Å². The van der Waals surface area contributed by atoms with E-state index in [1.54, 1.807) is 0 Å². The van der Waals surface area contributed by atoms with E-state index in [1.165, 1.54) is 41.8 Å². The number of thiazole rings is 1. The summed E-state index contributed by atoms with van der Waals surface area (Å²) in [5.41, 5.74) is 1.16. The molecule has 1 N–H and O–H groups in total. The van der Waals surface area contributed by atoms with Crippen molar-refractivity contribution in [2.24, 2.45) is 5.92 Å². The van der Waals surface area contributed by atoms with Crippen LogP contribution in [0.15, 0.2) is 24.3 Å². The molecule has 1 aromatic heterocycles. The Balaban J connectivity index is 1.74. The molecule has 0 spiro atoms. The van der Waals surface area contributed by atoms with Crippen LogP contribution in [0.5, 0.6) is 0 Å². The van der Waals surface area contributed by atoms with Crippen LogP contribution in [0.25, 0.3) is 10.2 Å². The first-order chi connectivity index (χ1) is 9.86. The van der Waals surface area contributed by atoms with Crippen molar-refractivity contribution < 1.29 is 0 Å². The standard InChI is InChI=1S/C17H24N2S/c1-2-18-15(13-8-4-3-5-9-13)12-17-19-14-10-6-7-11-16(14)20-17/h6-7,10-11,13,15,18H,2-5,8-9,12H2,1H3. The van der Waals surface area contributed by atoms with Crippen molar-refractivity contribution in [2.75, 3.05) is 6.54 Å². The first-order valence-electron chi connectivity index (χ1n) is 7.94. The van der Waals surface area contributed by atoms with Crippen LogP contribution in [0, 0.1) is 5.92 Å². The lowest BCUT2D eigenvalue weighted by atomic mass is 9.83. The van der Waals surface area contributed by atoms with Crippen LogP contribution < -0.4 is 5.32 Å². The Morgan fingerprint density at radius 2 is 2.05 bits per heavy atom. The van der Waals surface area contributed by atoms with Crippen LogP contribution in [0.2, 0.25) is 0 Å². The van der Waals surface area contributed by atoms with Gasteiger partial charge in [0.15, 0.2) is 0 Å². The average molecular weight is 288 g/mol. The summed E-state index contributed by atoms with van der Waals surface area (Å²) in [5.74, 6) is 0.843. The van der Waals surface area contributed by atoms with Crippen molar-refractivity contribution >= 4 is 21.6 Å². The largest absolute Gasteiger partial charge is 0.314 e. The first kappa shape index (κ1) is 14.0. The van der Waals surface area contributed by atoms with E-state index in [9.17, 15) is 0 Å². The molecule has 0 radical (unpaired) electrons. The second-order valence-electron chi connectivity index (χ2n) is 5.84. The fourth-order valence-electron chi connectivity index (χ4n) is 3.40. The van der Waals surface area contributed by atoms with Crippen LogP contribution >= 0.6 is 11.3 Å². The Kier molecular flexibility index (Phi) is 4.69. The lowest BCUT2D eigenvalue weighted by Gasteiger charge is -2.30. The fourth-order valence-corrected chi connectivity index (χ4v) is 4.43. The Hall–Kier alpha value is -0.930. The molecule has 1 aromatic carbocycles. The van der Waals surface area contributed by atoms with Gasteiger partial charge in [-0.15, -0.1) is 11.3 Å². The molecule has 3 rings (SSSR count). The number of rotatable bonds is 5. The van der Waals surface area contributed by atoms with E-state index in [0.717, 1.165) is 24.4 Å². The quantitative estimate of drug-likeness (QED) is 0.882. The molecule has 1 fully saturated rings. The highest BCUT2D eigenvalue weighted by atomic mass is 32.1. The van der Waals surface area contributed by atoms with Gasteiger partial charge in [-0.05, 0) is 37.4 Å². The number of aromatic nitrogens is 1. The van der Waals surface area contributed by atoms with Crippen molar-refractivity contribution in [2.45, 2.75) is 51.5 Å². The van der Waals surface area contributed by atoms with E-state index in [0.29, 0.717) is 6.04 Å². The molecule has 0 aliphatic heterocycles. The van der Waals surface area contributed by atoms with E-state index < -0.39 is 0 Å². The summed E-state index contributed by atoms with van der Waals surface area (Å²) in [4.78, 5) is 4.81. The molecule has 20 heavy (non-hydrogen) atoms. The molecule has 1 aliphatic carbocycles. The third-order valence-corrected chi connectivity index (χ3v) is 5.48. The van der Waals surface area contributed by atoms with Crippen LogP contribution in [0.4, 0.5) is 0 Å². The molecule has 1 atom stereocenters. The maximum Gasteiger partial charge on any atom is 0.0954 e. The zero-order valence-electron chi connectivity index (χ0n) is 12.3. The molecule has 1 aliphatic rings.